The molecule has 2 rings (SSSR count). The van der Waals surface area contributed by atoms with E-state index in [2.05, 4.69) is 29.1 Å². The number of hydrogen-bond donors (Lipinski definition) is 1. The minimum absolute atomic E-state index is 0.319. The minimum Gasteiger partial charge on any atom is -0.383 e. The molecule has 1 unspecified atom stereocenters. The Morgan fingerprint density at radius 2 is 1.86 bits per heavy atom. The molecule has 0 spiro atoms. The summed E-state index contributed by atoms with van der Waals surface area (Å²) in [7, 11) is 0. The second-order valence-electron chi connectivity index (χ2n) is 6.51. The van der Waals surface area contributed by atoms with Gasteiger partial charge in [0.1, 0.15) is 18.3 Å². The van der Waals surface area contributed by atoms with Gasteiger partial charge in [0.25, 0.3) is 0 Å². The number of aryl methyl sites for hydroxylation is 1. The topological polar surface area (TPSA) is 50.9 Å². The average Bonchev–Trinajstić information content (AvgIpc) is 2.89. The highest BCUT2D eigenvalue weighted by Gasteiger charge is 2.38. The molecule has 0 amide bonds. The molecule has 0 aliphatic carbocycles. The molecule has 0 saturated heterocycles. The zero-order valence-corrected chi connectivity index (χ0v) is 13.1. The molecule has 112 valence electrons. The lowest BCUT2D eigenvalue weighted by atomic mass is 9.76. The Hall–Kier alpha value is -1.94. The van der Waals surface area contributed by atoms with Gasteiger partial charge in [0.15, 0.2) is 0 Å². The molecule has 21 heavy (non-hydrogen) atoms. The second kappa shape index (κ2) is 5.82. The summed E-state index contributed by atoms with van der Waals surface area (Å²) in [6, 6.07) is 8.22. The fourth-order valence-corrected chi connectivity index (χ4v) is 2.01. The summed E-state index contributed by atoms with van der Waals surface area (Å²) in [5.74, 6) is 0. The molecule has 4 heteroatoms. The summed E-state index contributed by atoms with van der Waals surface area (Å²) in [5.41, 5.74) is 0.967. The van der Waals surface area contributed by atoms with Gasteiger partial charge < -0.3 is 5.11 Å². The third-order valence-electron chi connectivity index (χ3n) is 3.80. The van der Waals surface area contributed by atoms with Crippen LogP contribution in [0.25, 0.3) is 6.08 Å². The van der Waals surface area contributed by atoms with E-state index in [1.54, 1.807) is 11.0 Å². The number of aliphatic hydroxyl groups is 1. The zero-order chi connectivity index (χ0) is 15.5. The van der Waals surface area contributed by atoms with Crippen LogP contribution >= 0.6 is 0 Å². The third kappa shape index (κ3) is 3.79. The molecule has 0 aliphatic heterocycles. The van der Waals surface area contributed by atoms with Crippen molar-refractivity contribution in [3.8, 4) is 0 Å². The van der Waals surface area contributed by atoms with Crippen LogP contribution in [0.4, 0.5) is 0 Å². The van der Waals surface area contributed by atoms with E-state index in [9.17, 15) is 5.11 Å². The maximum atomic E-state index is 11.1. The lowest BCUT2D eigenvalue weighted by Crippen LogP contribution is -2.44. The third-order valence-corrected chi connectivity index (χ3v) is 3.80. The quantitative estimate of drug-likeness (QED) is 0.939. The van der Waals surface area contributed by atoms with Crippen LogP contribution in [-0.2, 0) is 6.54 Å². The normalized spacial score (nSPS) is 15.3. The molecule has 0 aliphatic rings. The van der Waals surface area contributed by atoms with Crippen molar-refractivity contribution in [1.29, 1.82) is 0 Å². The van der Waals surface area contributed by atoms with Crippen molar-refractivity contribution in [1.82, 2.24) is 14.8 Å². The highest BCUT2D eigenvalue weighted by molar-refractivity contribution is 5.51. The fraction of sp³-hybridized carbons (Fsp3) is 0.412. The average molecular weight is 285 g/mol. The van der Waals surface area contributed by atoms with Crippen LogP contribution in [0, 0.1) is 12.3 Å². The number of hydrogen-bond acceptors (Lipinski definition) is 3. The molecule has 4 nitrogen and oxygen atoms in total. The van der Waals surface area contributed by atoms with Crippen molar-refractivity contribution in [3.63, 3.8) is 0 Å². The Bertz CT molecular complexity index is 594. The van der Waals surface area contributed by atoms with Crippen LogP contribution in [0.2, 0.25) is 0 Å². The van der Waals surface area contributed by atoms with Gasteiger partial charge in [-0.05, 0) is 17.9 Å². The van der Waals surface area contributed by atoms with E-state index in [0.29, 0.717) is 6.54 Å². The monoisotopic (exact) mass is 285 g/mol. The van der Waals surface area contributed by atoms with Gasteiger partial charge in [0, 0.05) is 0 Å². The molecular formula is C17H23N3O. The first-order valence-electron chi connectivity index (χ1n) is 7.11. The zero-order valence-electron chi connectivity index (χ0n) is 13.1. The van der Waals surface area contributed by atoms with Gasteiger partial charge >= 0.3 is 0 Å². The SMILES string of the molecule is Cc1ccc(C=CC(O)(Cn2cncn2)C(C)(C)C)cc1. The molecule has 0 bridgehead atoms. The number of aromatic nitrogens is 3. The van der Waals surface area contributed by atoms with Crippen LogP contribution in [0.3, 0.4) is 0 Å². The van der Waals surface area contributed by atoms with Gasteiger partial charge in [-0.3, -0.25) is 0 Å². The summed E-state index contributed by atoms with van der Waals surface area (Å²) in [5, 5.41) is 15.2. The summed E-state index contributed by atoms with van der Waals surface area (Å²) in [6.45, 7) is 8.48. The lowest BCUT2D eigenvalue weighted by Gasteiger charge is -2.37. The number of nitrogens with zero attached hydrogens (tertiary/aromatic N) is 3. The Labute approximate surface area is 126 Å². The predicted octanol–water partition coefficient (Wildman–Crippen LogP) is 3.08. The Morgan fingerprint density at radius 3 is 2.38 bits per heavy atom. The van der Waals surface area contributed by atoms with Crippen molar-refractivity contribution in [2.75, 3.05) is 0 Å². The van der Waals surface area contributed by atoms with Crippen molar-refractivity contribution >= 4 is 6.08 Å². The Morgan fingerprint density at radius 1 is 1.19 bits per heavy atom. The molecule has 1 aromatic carbocycles. The highest BCUT2D eigenvalue weighted by Crippen LogP contribution is 2.33. The number of rotatable bonds is 4. The van der Waals surface area contributed by atoms with Crippen LogP contribution in [0.1, 0.15) is 31.9 Å². The van der Waals surface area contributed by atoms with E-state index in [1.807, 2.05) is 45.1 Å². The van der Waals surface area contributed by atoms with Crippen LogP contribution < -0.4 is 0 Å². The van der Waals surface area contributed by atoms with Crippen molar-refractivity contribution in [3.05, 3.63) is 54.1 Å². The van der Waals surface area contributed by atoms with Crippen molar-refractivity contribution in [2.45, 2.75) is 39.8 Å². The fourth-order valence-electron chi connectivity index (χ4n) is 2.01. The van der Waals surface area contributed by atoms with E-state index in [-0.39, 0.29) is 5.41 Å². The summed E-state index contributed by atoms with van der Waals surface area (Å²) in [4.78, 5) is 3.93. The molecule has 1 atom stereocenters. The summed E-state index contributed by atoms with van der Waals surface area (Å²) >= 11 is 0. The van der Waals surface area contributed by atoms with E-state index >= 15 is 0 Å². The summed E-state index contributed by atoms with van der Waals surface area (Å²) in [6.07, 6.45) is 6.92. The first-order chi connectivity index (χ1) is 9.80. The lowest BCUT2D eigenvalue weighted by molar-refractivity contribution is -0.0297. The standard InChI is InChI=1S/C17H23N3O/c1-14-5-7-15(8-6-14)9-10-17(21,16(2,3)4)11-20-13-18-12-19-20/h5-10,12-13,21H,11H2,1-4H3. The van der Waals surface area contributed by atoms with Crippen LogP contribution in [-0.4, -0.2) is 25.5 Å². The van der Waals surface area contributed by atoms with Gasteiger partial charge in [-0.1, -0.05) is 62.8 Å². The molecule has 0 radical (unpaired) electrons. The van der Waals surface area contributed by atoms with Gasteiger partial charge in [0.05, 0.1) is 6.54 Å². The molecule has 1 heterocycles. The Balaban J connectivity index is 2.26. The maximum Gasteiger partial charge on any atom is 0.137 e. The van der Waals surface area contributed by atoms with E-state index in [0.717, 1.165) is 5.56 Å². The van der Waals surface area contributed by atoms with Gasteiger partial charge in [-0.25, -0.2) is 9.67 Å². The molecular weight excluding hydrogens is 262 g/mol. The van der Waals surface area contributed by atoms with E-state index in [1.165, 1.54) is 11.9 Å². The first-order valence-corrected chi connectivity index (χ1v) is 7.11. The smallest absolute Gasteiger partial charge is 0.137 e. The molecule has 1 N–H and O–H groups in total. The summed E-state index contributed by atoms with van der Waals surface area (Å²) < 4.78 is 1.66. The highest BCUT2D eigenvalue weighted by atomic mass is 16.3. The molecule has 1 aromatic heterocycles. The van der Waals surface area contributed by atoms with E-state index in [4.69, 9.17) is 0 Å². The van der Waals surface area contributed by atoms with Crippen LogP contribution in [0.15, 0.2) is 43.0 Å². The van der Waals surface area contributed by atoms with Gasteiger partial charge in [-0.15, -0.1) is 0 Å². The molecule has 2 aromatic rings. The van der Waals surface area contributed by atoms with Gasteiger partial charge in [-0.2, -0.15) is 5.10 Å². The first kappa shape index (κ1) is 15.4. The van der Waals surface area contributed by atoms with Crippen LogP contribution in [0.5, 0.6) is 0 Å². The largest absolute Gasteiger partial charge is 0.383 e. The number of benzene rings is 1. The van der Waals surface area contributed by atoms with Crippen molar-refractivity contribution < 1.29 is 5.11 Å². The minimum atomic E-state index is -1.01. The second-order valence-corrected chi connectivity index (χ2v) is 6.51. The van der Waals surface area contributed by atoms with Crippen molar-refractivity contribution in [2.24, 2.45) is 5.41 Å². The van der Waals surface area contributed by atoms with E-state index < -0.39 is 5.60 Å². The van der Waals surface area contributed by atoms with Gasteiger partial charge in [0.2, 0.25) is 0 Å². The molecule has 0 saturated carbocycles. The molecule has 0 fully saturated rings. The maximum absolute atomic E-state index is 11.1. The Kier molecular flexibility index (Phi) is 4.28. The predicted molar refractivity (Wildman–Crippen MR) is 84.6 cm³/mol.